The number of rotatable bonds is 6. The molecule has 1 atom stereocenters. The number of hydrogen-bond acceptors (Lipinski definition) is 5. The van der Waals surface area contributed by atoms with E-state index in [1.165, 1.54) is 24.0 Å². The van der Waals surface area contributed by atoms with E-state index < -0.39 is 0 Å². The van der Waals surface area contributed by atoms with Crippen molar-refractivity contribution in [2.45, 2.75) is 57.6 Å². The summed E-state index contributed by atoms with van der Waals surface area (Å²) in [7, 11) is 0. The van der Waals surface area contributed by atoms with E-state index in [4.69, 9.17) is 4.74 Å². The van der Waals surface area contributed by atoms with Crippen LogP contribution in [0.1, 0.15) is 52.3 Å². The summed E-state index contributed by atoms with van der Waals surface area (Å²) in [6, 6.07) is 9.56. The Kier molecular flexibility index (Phi) is 6.39. The van der Waals surface area contributed by atoms with Crippen LogP contribution < -0.4 is 0 Å². The number of ether oxygens (including phenoxy) is 1. The van der Waals surface area contributed by atoms with Crippen LogP contribution in [0.2, 0.25) is 0 Å². The van der Waals surface area contributed by atoms with Gasteiger partial charge in [0.15, 0.2) is 0 Å². The van der Waals surface area contributed by atoms with Crippen LogP contribution in [-0.2, 0) is 17.6 Å². The maximum Gasteiger partial charge on any atom is 0.273 e. The molecule has 1 amide bonds. The van der Waals surface area contributed by atoms with Gasteiger partial charge in [-0.3, -0.25) is 9.69 Å². The Morgan fingerprint density at radius 2 is 1.90 bits per heavy atom. The van der Waals surface area contributed by atoms with Gasteiger partial charge in [0.05, 0.1) is 11.1 Å². The van der Waals surface area contributed by atoms with E-state index in [2.05, 4.69) is 34.1 Å². The first kappa shape index (κ1) is 21.1. The first-order chi connectivity index (χ1) is 15.2. The van der Waals surface area contributed by atoms with E-state index in [-0.39, 0.29) is 12.0 Å². The van der Waals surface area contributed by atoms with Crippen LogP contribution in [0.5, 0.6) is 0 Å². The molecule has 5 rings (SSSR count). The fourth-order valence-corrected chi connectivity index (χ4v) is 6.09. The topological polar surface area (TPSA) is 45.7 Å². The van der Waals surface area contributed by atoms with Crippen LogP contribution in [0.25, 0.3) is 0 Å². The van der Waals surface area contributed by atoms with Gasteiger partial charge >= 0.3 is 0 Å². The fraction of sp³-hybridized carbons (Fsp3) is 0.600. The average Bonchev–Trinajstić information content (AvgIpc) is 3.54. The molecule has 0 spiro atoms. The van der Waals surface area contributed by atoms with E-state index in [1.54, 1.807) is 11.3 Å². The van der Waals surface area contributed by atoms with Gasteiger partial charge in [0.1, 0.15) is 5.69 Å². The van der Waals surface area contributed by atoms with Gasteiger partial charge < -0.3 is 9.64 Å². The SMILES string of the molecule is Cc1nc(C(=O)N(CC2CCN(C3Cc4ccccc4C3)CC2)C[C@@H]2CCCO2)cs1. The molecule has 3 heterocycles. The lowest BCUT2D eigenvalue weighted by Crippen LogP contribution is -2.46. The van der Waals surface area contributed by atoms with Gasteiger partial charge in [-0.1, -0.05) is 24.3 Å². The molecule has 5 nitrogen and oxygen atoms in total. The van der Waals surface area contributed by atoms with E-state index in [1.807, 2.05) is 17.2 Å². The van der Waals surface area contributed by atoms with Gasteiger partial charge in [-0.05, 0) is 75.6 Å². The molecule has 3 aliphatic rings. The minimum absolute atomic E-state index is 0.0773. The number of carbonyl (C=O) groups excluding carboxylic acids is 1. The van der Waals surface area contributed by atoms with Crippen molar-refractivity contribution >= 4 is 17.2 Å². The van der Waals surface area contributed by atoms with Gasteiger partial charge in [0, 0.05) is 31.1 Å². The largest absolute Gasteiger partial charge is 0.376 e. The standard InChI is InChI=1S/C25H33N3O2S/c1-18-26-24(17-31-18)25(29)28(16-23-7-4-12-30-23)15-19-8-10-27(11-9-19)22-13-20-5-2-3-6-21(20)14-22/h2-3,5-6,17,19,22-23H,4,7-16H2,1H3/t23-/m0/s1. The summed E-state index contributed by atoms with van der Waals surface area (Å²) >= 11 is 1.55. The second kappa shape index (κ2) is 9.39. The molecule has 1 aromatic carbocycles. The Labute approximate surface area is 189 Å². The molecule has 0 saturated carbocycles. The quantitative estimate of drug-likeness (QED) is 0.684. The van der Waals surface area contributed by atoms with Crippen LogP contribution in [0.15, 0.2) is 29.6 Å². The summed E-state index contributed by atoms with van der Waals surface area (Å²) in [5, 5.41) is 2.85. The van der Waals surface area contributed by atoms with Crippen LogP contribution in [0, 0.1) is 12.8 Å². The molecule has 0 N–H and O–H groups in total. The van der Waals surface area contributed by atoms with Crippen molar-refractivity contribution in [3.63, 3.8) is 0 Å². The summed E-state index contributed by atoms with van der Waals surface area (Å²) in [5.41, 5.74) is 3.66. The monoisotopic (exact) mass is 439 g/mol. The molecule has 0 unspecified atom stereocenters. The molecule has 1 aliphatic carbocycles. The Morgan fingerprint density at radius 3 is 2.52 bits per heavy atom. The second-order valence-electron chi connectivity index (χ2n) is 9.41. The number of thiazole rings is 1. The zero-order chi connectivity index (χ0) is 21.2. The van der Waals surface area contributed by atoms with Gasteiger partial charge in [-0.25, -0.2) is 4.98 Å². The van der Waals surface area contributed by atoms with Crippen LogP contribution in [0.4, 0.5) is 0 Å². The normalized spacial score (nSPS) is 22.7. The van der Waals surface area contributed by atoms with Crippen molar-refractivity contribution in [2.75, 3.05) is 32.8 Å². The molecular weight excluding hydrogens is 406 g/mol. The summed E-state index contributed by atoms with van der Waals surface area (Å²) < 4.78 is 5.86. The lowest BCUT2D eigenvalue weighted by Gasteiger charge is -2.38. The molecule has 1 aromatic heterocycles. The Bertz CT molecular complexity index is 875. The highest BCUT2D eigenvalue weighted by Gasteiger charge is 2.32. The molecule has 2 aromatic rings. The Morgan fingerprint density at radius 1 is 1.16 bits per heavy atom. The first-order valence-corrected chi connectivity index (χ1v) is 12.7. The Hall–Kier alpha value is -1.76. The highest BCUT2D eigenvalue weighted by molar-refractivity contribution is 7.09. The predicted molar refractivity (Wildman–Crippen MR) is 124 cm³/mol. The number of aromatic nitrogens is 1. The third kappa shape index (κ3) is 4.86. The predicted octanol–water partition coefficient (Wildman–Crippen LogP) is 3.95. The smallest absolute Gasteiger partial charge is 0.273 e. The van der Waals surface area contributed by atoms with Gasteiger partial charge in [-0.15, -0.1) is 11.3 Å². The van der Waals surface area contributed by atoms with Crippen LogP contribution in [0.3, 0.4) is 0 Å². The Balaban J connectivity index is 1.18. The minimum atomic E-state index is 0.0773. The fourth-order valence-electron chi connectivity index (χ4n) is 5.50. The van der Waals surface area contributed by atoms with Gasteiger partial charge in [-0.2, -0.15) is 0 Å². The maximum absolute atomic E-state index is 13.2. The molecule has 2 saturated heterocycles. The number of likely N-dealkylation sites (tertiary alicyclic amines) is 1. The molecular formula is C25H33N3O2S. The zero-order valence-corrected chi connectivity index (χ0v) is 19.3. The van der Waals surface area contributed by atoms with E-state index in [9.17, 15) is 4.79 Å². The number of carbonyl (C=O) groups is 1. The molecule has 0 bridgehead atoms. The summed E-state index contributed by atoms with van der Waals surface area (Å²) in [5.74, 6) is 0.638. The summed E-state index contributed by atoms with van der Waals surface area (Å²) in [4.78, 5) is 22.4. The third-order valence-corrected chi connectivity index (χ3v) is 8.02. The molecule has 0 radical (unpaired) electrons. The first-order valence-electron chi connectivity index (χ1n) is 11.8. The number of nitrogens with zero attached hydrogens (tertiary/aromatic N) is 3. The van der Waals surface area contributed by atoms with E-state index in [0.717, 1.165) is 56.9 Å². The highest BCUT2D eigenvalue weighted by Crippen LogP contribution is 2.29. The molecule has 166 valence electrons. The average molecular weight is 440 g/mol. The summed E-state index contributed by atoms with van der Waals surface area (Å²) in [6.07, 6.45) is 7.05. The van der Waals surface area contributed by atoms with Crippen molar-refractivity contribution in [2.24, 2.45) is 5.92 Å². The number of piperidine rings is 1. The number of aryl methyl sites for hydroxylation is 1. The highest BCUT2D eigenvalue weighted by atomic mass is 32.1. The second-order valence-corrected chi connectivity index (χ2v) is 10.5. The molecule has 31 heavy (non-hydrogen) atoms. The molecule has 2 aliphatic heterocycles. The lowest BCUT2D eigenvalue weighted by atomic mass is 9.94. The lowest BCUT2D eigenvalue weighted by molar-refractivity contribution is 0.0426. The van der Waals surface area contributed by atoms with Gasteiger partial charge in [0.25, 0.3) is 5.91 Å². The van der Waals surface area contributed by atoms with Crippen molar-refractivity contribution in [3.8, 4) is 0 Å². The third-order valence-electron chi connectivity index (χ3n) is 7.25. The summed E-state index contributed by atoms with van der Waals surface area (Å²) in [6.45, 7) is 6.59. The van der Waals surface area contributed by atoms with Crippen molar-refractivity contribution < 1.29 is 9.53 Å². The minimum Gasteiger partial charge on any atom is -0.376 e. The molecule has 2 fully saturated rings. The zero-order valence-electron chi connectivity index (χ0n) is 18.5. The number of fused-ring (bicyclic) bond motifs is 1. The van der Waals surface area contributed by atoms with Crippen molar-refractivity contribution in [3.05, 3.63) is 51.5 Å². The maximum atomic E-state index is 13.2. The van der Waals surface area contributed by atoms with Gasteiger partial charge in [0.2, 0.25) is 0 Å². The molecule has 6 heteroatoms. The van der Waals surface area contributed by atoms with E-state index >= 15 is 0 Å². The number of hydrogen-bond donors (Lipinski definition) is 0. The van der Waals surface area contributed by atoms with Crippen LogP contribution >= 0.6 is 11.3 Å². The van der Waals surface area contributed by atoms with Crippen molar-refractivity contribution in [1.82, 2.24) is 14.8 Å². The van der Waals surface area contributed by atoms with Crippen LogP contribution in [-0.4, -0.2) is 65.6 Å². The number of benzene rings is 1. The van der Waals surface area contributed by atoms with Crippen molar-refractivity contribution in [1.29, 1.82) is 0 Å². The number of amides is 1. The van der Waals surface area contributed by atoms with E-state index in [0.29, 0.717) is 24.2 Å².